The van der Waals surface area contributed by atoms with Gasteiger partial charge in [-0.3, -0.25) is 0 Å². The van der Waals surface area contributed by atoms with E-state index in [9.17, 15) is 9.59 Å². The predicted octanol–water partition coefficient (Wildman–Crippen LogP) is 3.72. The number of ether oxygens (including phenoxy) is 2. The fourth-order valence-corrected chi connectivity index (χ4v) is 2.95. The molecule has 0 unspecified atom stereocenters. The lowest BCUT2D eigenvalue weighted by Crippen LogP contribution is -2.45. The van der Waals surface area contributed by atoms with Crippen molar-refractivity contribution in [3.63, 3.8) is 0 Å². The number of hydrogen-bond acceptors (Lipinski definition) is 4. The zero-order valence-electron chi connectivity index (χ0n) is 14.9. The highest BCUT2D eigenvalue weighted by molar-refractivity contribution is 6.30. The van der Waals surface area contributed by atoms with Crippen LogP contribution in [-0.2, 0) is 16.1 Å². The molecule has 0 saturated carbocycles. The number of benzene rings is 2. The molecule has 0 saturated heterocycles. The molecule has 6 nitrogen and oxygen atoms in total. The monoisotopic (exact) mass is 386 g/mol. The van der Waals surface area contributed by atoms with Crippen LogP contribution >= 0.6 is 11.6 Å². The van der Waals surface area contributed by atoms with Gasteiger partial charge in [0, 0.05) is 10.7 Å². The Hall–Kier alpha value is -2.99. The van der Waals surface area contributed by atoms with Crippen molar-refractivity contribution in [3.05, 3.63) is 76.0 Å². The molecule has 1 aliphatic heterocycles. The van der Waals surface area contributed by atoms with E-state index in [1.165, 1.54) is 7.11 Å². The van der Waals surface area contributed by atoms with Gasteiger partial charge in [-0.2, -0.15) is 0 Å². The minimum absolute atomic E-state index is 0.367. The van der Waals surface area contributed by atoms with E-state index in [0.29, 0.717) is 28.6 Å². The molecule has 2 aromatic carbocycles. The number of carbonyl (C=O) groups is 2. The summed E-state index contributed by atoms with van der Waals surface area (Å²) in [4.78, 5) is 23.9. The summed E-state index contributed by atoms with van der Waals surface area (Å²) < 4.78 is 10.6. The molecule has 0 bridgehead atoms. The summed E-state index contributed by atoms with van der Waals surface area (Å²) in [6, 6.07) is 13.7. The fraction of sp³-hybridized carbons (Fsp3) is 0.200. The summed E-state index contributed by atoms with van der Waals surface area (Å²) in [5.74, 6) is 0.183. The van der Waals surface area contributed by atoms with Gasteiger partial charge in [0.15, 0.2) is 0 Å². The highest BCUT2D eigenvalue weighted by Gasteiger charge is 2.31. The quantitative estimate of drug-likeness (QED) is 0.768. The van der Waals surface area contributed by atoms with Crippen molar-refractivity contribution >= 4 is 23.6 Å². The van der Waals surface area contributed by atoms with E-state index in [0.717, 1.165) is 11.1 Å². The summed E-state index contributed by atoms with van der Waals surface area (Å²) in [5.41, 5.74) is 2.59. The lowest BCUT2D eigenvalue weighted by Gasteiger charge is -2.27. The fourth-order valence-electron chi connectivity index (χ4n) is 2.83. The molecular weight excluding hydrogens is 368 g/mol. The molecule has 2 N–H and O–H groups in total. The zero-order valence-corrected chi connectivity index (χ0v) is 15.7. The highest BCUT2D eigenvalue weighted by atomic mass is 35.5. The van der Waals surface area contributed by atoms with E-state index < -0.39 is 12.0 Å². The summed E-state index contributed by atoms with van der Waals surface area (Å²) in [7, 11) is 1.31. The second-order valence-electron chi connectivity index (χ2n) is 6.05. The Morgan fingerprint density at radius 3 is 2.41 bits per heavy atom. The van der Waals surface area contributed by atoms with Crippen LogP contribution in [0.3, 0.4) is 0 Å². The van der Waals surface area contributed by atoms with Gasteiger partial charge in [0.25, 0.3) is 0 Å². The number of esters is 1. The lowest BCUT2D eigenvalue weighted by atomic mass is 9.95. The van der Waals surface area contributed by atoms with Crippen LogP contribution in [0, 0.1) is 0 Å². The maximum absolute atomic E-state index is 12.1. The summed E-state index contributed by atoms with van der Waals surface area (Å²) in [6.45, 7) is 2.08. The van der Waals surface area contributed by atoms with Crippen molar-refractivity contribution in [1.82, 2.24) is 10.6 Å². The first-order chi connectivity index (χ1) is 13.0. The number of carbonyl (C=O) groups excluding carboxylic acids is 2. The van der Waals surface area contributed by atoms with Crippen LogP contribution in [0.15, 0.2) is 59.8 Å². The number of hydrogen-bond donors (Lipinski definition) is 2. The first-order valence-electron chi connectivity index (χ1n) is 8.31. The maximum Gasteiger partial charge on any atom is 0.337 e. The van der Waals surface area contributed by atoms with Crippen LogP contribution in [0.25, 0.3) is 0 Å². The molecule has 0 radical (unpaired) electrons. The summed E-state index contributed by atoms with van der Waals surface area (Å²) in [5, 5.41) is 6.02. The smallest absolute Gasteiger partial charge is 0.337 e. The highest BCUT2D eigenvalue weighted by Crippen LogP contribution is 2.28. The molecule has 1 atom stereocenters. The van der Waals surface area contributed by atoms with Crippen molar-refractivity contribution < 1.29 is 19.1 Å². The van der Waals surface area contributed by atoms with Crippen molar-refractivity contribution in [3.8, 4) is 5.75 Å². The lowest BCUT2D eigenvalue weighted by molar-refractivity contribution is -0.136. The van der Waals surface area contributed by atoms with E-state index >= 15 is 0 Å². The minimum Gasteiger partial charge on any atom is -0.489 e. The average Bonchev–Trinajstić information content (AvgIpc) is 2.67. The van der Waals surface area contributed by atoms with Crippen LogP contribution in [0.1, 0.15) is 24.1 Å². The van der Waals surface area contributed by atoms with Crippen LogP contribution in [-0.4, -0.2) is 19.1 Å². The van der Waals surface area contributed by atoms with Crippen molar-refractivity contribution in [2.45, 2.75) is 19.6 Å². The number of halogens is 1. The maximum atomic E-state index is 12.1. The number of methoxy groups -OCH3 is 1. The Morgan fingerprint density at radius 1 is 1.11 bits per heavy atom. The molecule has 0 spiro atoms. The van der Waals surface area contributed by atoms with Crippen molar-refractivity contribution in [1.29, 1.82) is 0 Å². The second kappa shape index (κ2) is 8.14. The Morgan fingerprint density at radius 2 is 1.78 bits per heavy atom. The minimum atomic E-state index is -0.587. The first-order valence-corrected chi connectivity index (χ1v) is 8.69. The van der Waals surface area contributed by atoms with Crippen molar-refractivity contribution in [2.24, 2.45) is 0 Å². The zero-order chi connectivity index (χ0) is 19.4. The summed E-state index contributed by atoms with van der Waals surface area (Å²) >= 11 is 5.87. The van der Waals surface area contributed by atoms with E-state index in [-0.39, 0.29) is 6.03 Å². The van der Waals surface area contributed by atoms with Gasteiger partial charge in [-0.15, -0.1) is 0 Å². The third-order valence-electron chi connectivity index (χ3n) is 4.21. The van der Waals surface area contributed by atoms with Gasteiger partial charge in [-0.1, -0.05) is 35.9 Å². The third kappa shape index (κ3) is 4.41. The van der Waals surface area contributed by atoms with Crippen LogP contribution in [0.5, 0.6) is 5.75 Å². The van der Waals surface area contributed by atoms with Crippen LogP contribution < -0.4 is 15.4 Å². The SMILES string of the molecule is COC(=O)C1=C(C)NC(=O)N[C@H]1c1ccc(OCc2ccc(Cl)cc2)cc1. The van der Waals surface area contributed by atoms with Gasteiger partial charge in [-0.25, -0.2) is 9.59 Å². The molecule has 1 heterocycles. The van der Waals surface area contributed by atoms with Gasteiger partial charge in [-0.05, 0) is 42.3 Å². The van der Waals surface area contributed by atoms with E-state index in [4.69, 9.17) is 21.1 Å². The van der Waals surface area contributed by atoms with Crippen LogP contribution in [0.4, 0.5) is 4.79 Å². The molecule has 2 amide bonds. The van der Waals surface area contributed by atoms with E-state index in [2.05, 4.69) is 10.6 Å². The van der Waals surface area contributed by atoms with Gasteiger partial charge in [0.05, 0.1) is 18.7 Å². The van der Waals surface area contributed by atoms with Crippen molar-refractivity contribution in [2.75, 3.05) is 7.11 Å². The molecule has 2 aromatic rings. The third-order valence-corrected chi connectivity index (χ3v) is 4.46. The van der Waals surface area contributed by atoms with E-state index in [1.54, 1.807) is 19.1 Å². The molecule has 27 heavy (non-hydrogen) atoms. The Labute approximate surface area is 162 Å². The largest absolute Gasteiger partial charge is 0.489 e. The Bertz CT molecular complexity index is 876. The number of nitrogens with one attached hydrogen (secondary N) is 2. The summed E-state index contributed by atoms with van der Waals surface area (Å²) in [6.07, 6.45) is 0. The predicted molar refractivity (Wildman–Crippen MR) is 101 cm³/mol. The molecule has 7 heteroatoms. The van der Waals surface area contributed by atoms with Gasteiger partial charge in [0.2, 0.25) is 0 Å². The molecule has 0 aromatic heterocycles. The molecule has 0 fully saturated rings. The number of amides is 2. The van der Waals surface area contributed by atoms with Gasteiger partial charge >= 0.3 is 12.0 Å². The molecule has 0 aliphatic carbocycles. The number of allylic oxidation sites excluding steroid dienone is 1. The van der Waals surface area contributed by atoms with Crippen LogP contribution in [0.2, 0.25) is 5.02 Å². The molecule has 140 valence electrons. The normalized spacial score (nSPS) is 16.4. The standard InChI is InChI=1S/C20H19ClN2O4/c1-12-17(19(24)26-2)18(23-20(25)22-12)14-5-9-16(10-6-14)27-11-13-3-7-15(21)8-4-13/h3-10,18H,11H2,1-2H3,(H2,22,23,25)/t18-/m0/s1. The van der Waals surface area contributed by atoms with E-state index in [1.807, 2.05) is 36.4 Å². The Balaban J connectivity index is 1.75. The topological polar surface area (TPSA) is 76.7 Å². The molecular formula is C20H19ClN2O4. The molecule has 3 rings (SSSR count). The average molecular weight is 387 g/mol. The number of rotatable bonds is 5. The first kappa shape index (κ1) is 18.8. The number of urea groups is 1. The Kier molecular flexibility index (Phi) is 5.66. The molecule has 1 aliphatic rings. The van der Waals surface area contributed by atoms with Gasteiger partial charge in [0.1, 0.15) is 12.4 Å². The second-order valence-corrected chi connectivity index (χ2v) is 6.48. The van der Waals surface area contributed by atoms with Gasteiger partial charge < -0.3 is 20.1 Å².